The van der Waals surface area contributed by atoms with Crippen molar-refractivity contribution in [3.05, 3.63) is 53.6 Å². The predicted octanol–water partition coefficient (Wildman–Crippen LogP) is 4.71. The van der Waals surface area contributed by atoms with Crippen LogP contribution in [0.2, 0.25) is 0 Å². The molecular formula is C22H22F3N3O3. The predicted molar refractivity (Wildman–Crippen MR) is 111 cm³/mol. The van der Waals surface area contributed by atoms with Crippen LogP contribution in [0.1, 0.15) is 30.9 Å². The fourth-order valence-electron chi connectivity index (χ4n) is 3.63. The van der Waals surface area contributed by atoms with E-state index in [4.69, 9.17) is 9.47 Å². The Kier molecular flexibility index (Phi) is 5.49. The van der Waals surface area contributed by atoms with Gasteiger partial charge in [0.25, 0.3) is 0 Å². The van der Waals surface area contributed by atoms with Crippen LogP contribution in [0.3, 0.4) is 0 Å². The highest BCUT2D eigenvalue weighted by Crippen LogP contribution is 2.38. The Balaban J connectivity index is 1.52. The van der Waals surface area contributed by atoms with Gasteiger partial charge in [0, 0.05) is 24.1 Å². The Morgan fingerprint density at radius 3 is 2.74 bits per heavy atom. The van der Waals surface area contributed by atoms with Crippen LogP contribution >= 0.6 is 0 Å². The molecular weight excluding hydrogens is 411 g/mol. The minimum absolute atomic E-state index is 0.0660. The van der Waals surface area contributed by atoms with E-state index in [1.54, 1.807) is 38.1 Å². The molecule has 0 aromatic heterocycles. The van der Waals surface area contributed by atoms with Gasteiger partial charge in [-0.3, -0.25) is 9.79 Å². The first kappa shape index (κ1) is 21.3. The Bertz CT molecular complexity index is 1020. The van der Waals surface area contributed by atoms with Crippen molar-refractivity contribution in [2.24, 2.45) is 4.99 Å². The number of halogens is 3. The van der Waals surface area contributed by atoms with E-state index in [0.29, 0.717) is 12.3 Å². The van der Waals surface area contributed by atoms with Crippen LogP contribution in [0, 0.1) is 0 Å². The van der Waals surface area contributed by atoms with Gasteiger partial charge in [0.15, 0.2) is 5.79 Å². The minimum Gasteiger partial charge on any atom is -0.382 e. The van der Waals surface area contributed by atoms with Crippen molar-refractivity contribution in [1.82, 2.24) is 0 Å². The van der Waals surface area contributed by atoms with Gasteiger partial charge in [0.1, 0.15) is 12.0 Å². The lowest BCUT2D eigenvalue weighted by atomic mass is 10.0. The van der Waals surface area contributed by atoms with E-state index in [1.165, 1.54) is 18.3 Å². The third-order valence-corrected chi connectivity index (χ3v) is 5.10. The fraction of sp³-hybridized carbons (Fsp3) is 0.364. The molecule has 1 amide bonds. The molecule has 2 N–H and O–H groups in total. The van der Waals surface area contributed by atoms with Gasteiger partial charge in [-0.15, -0.1) is 0 Å². The summed E-state index contributed by atoms with van der Waals surface area (Å²) >= 11 is 0. The van der Waals surface area contributed by atoms with Crippen LogP contribution in [0.4, 0.5) is 30.2 Å². The maximum absolute atomic E-state index is 13.6. The number of benzene rings is 2. The van der Waals surface area contributed by atoms with Gasteiger partial charge < -0.3 is 20.1 Å². The quantitative estimate of drug-likeness (QED) is 0.670. The monoisotopic (exact) mass is 433 g/mol. The number of hydrogen-bond acceptors (Lipinski definition) is 5. The summed E-state index contributed by atoms with van der Waals surface area (Å²) in [7, 11) is 0. The lowest BCUT2D eigenvalue weighted by Gasteiger charge is -2.19. The first-order chi connectivity index (χ1) is 14.6. The van der Waals surface area contributed by atoms with Crippen molar-refractivity contribution < 1.29 is 27.4 Å². The van der Waals surface area contributed by atoms with Gasteiger partial charge in [0.05, 0.1) is 17.9 Å². The molecule has 2 atom stereocenters. The van der Waals surface area contributed by atoms with Crippen molar-refractivity contribution in [1.29, 1.82) is 0 Å². The average Bonchev–Trinajstić information content (AvgIpc) is 3.22. The highest BCUT2D eigenvalue weighted by molar-refractivity contribution is 6.12. The van der Waals surface area contributed by atoms with E-state index in [1.807, 2.05) is 0 Å². The summed E-state index contributed by atoms with van der Waals surface area (Å²) in [6.45, 7) is 3.98. The fourth-order valence-corrected chi connectivity index (χ4v) is 3.63. The summed E-state index contributed by atoms with van der Waals surface area (Å²) in [4.78, 5) is 16.3. The largest absolute Gasteiger partial charge is 0.418 e. The van der Waals surface area contributed by atoms with Crippen molar-refractivity contribution in [2.45, 2.75) is 37.8 Å². The molecule has 1 fully saturated rings. The summed E-state index contributed by atoms with van der Waals surface area (Å²) in [5, 5.41) is 5.54. The molecule has 0 radical (unpaired) electrons. The molecule has 0 bridgehead atoms. The van der Waals surface area contributed by atoms with Gasteiger partial charge in [-0.1, -0.05) is 18.2 Å². The molecule has 0 saturated carbocycles. The molecule has 0 spiro atoms. The van der Waals surface area contributed by atoms with Crippen molar-refractivity contribution in [3.8, 4) is 0 Å². The summed E-state index contributed by atoms with van der Waals surface area (Å²) in [6, 6.07) is 10.9. The maximum Gasteiger partial charge on any atom is 0.418 e. The third-order valence-electron chi connectivity index (χ3n) is 5.10. The summed E-state index contributed by atoms with van der Waals surface area (Å²) < 4.78 is 52.0. The minimum atomic E-state index is -4.57. The first-order valence-electron chi connectivity index (χ1n) is 9.83. The normalized spacial score (nSPS) is 22.5. The molecule has 2 aliphatic rings. The zero-order valence-corrected chi connectivity index (χ0v) is 17.0. The number of para-hydroxylation sites is 1. The van der Waals surface area contributed by atoms with Gasteiger partial charge in [-0.2, -0.15) is 13.2 Å². The number of carbonyl (C=O) groups excluding carboxylic acids is 1. The molecule has 2 heterocycles. The number of nitrogens with zero attached hydrogens (tertiary/aromatic N) is 1. The van der Waals surface area contributed by atoms with Gasteiger partial charge in [0.2, 0.25) is 5.91 Å². The second kappa shape index (κ2) is 7.97. The molecule has 31 heavy (non-hydrogen) atoms. The first-order valence-corrected chi connectivity index (χ1v) is 9.83. The van der Waals surface area contributed by atoms with Crippen LogP contribution in [0.25, 0.3) is 0 Å². The maximum atomic E-state index is 13.6. The Morgan fingerprint density at radius 2 is 2.03 bits per heavy atom. The average molecular weight is 433 g/mol. The summed E-state index contributed by atoms with van der Waals surface area (Å²) in [5.74, 6) is -1.66. The number of alkyl halides is 3. The molecule has 0 aliphatic carbocycles. The van der Waals surface area contributed by atoms with E-state index in [9.17, 15) is 18.0 Å². The van der Waals surface area contributed by atoms with E-state index in [0.717, 1.165) is 11.6 Å². The van der Waals surface area contributed by atoms with Gasteiger partial charge in [-0.25, -0.2) is 0 Å². The number of hydrogen-bond donors (Lipinski definition) is 2. The number of rotatable bonds is 5. The third kappa shape index (κ3) is 4.72. The van der Waals surface area contributed by atoms with Crippen LogP contribution in [-0.2, 0) is 20.4 Å². The highest BCUT2D eigenvalue weighted by atomic mass is 19.4. The molecule has 9 heteroatoms. The standard InChI is InChI=1S/C22H22F3N3O3/c1-21(2)30-12-14(31-21)10-27-19-8-7-13(9-17(19)22(23,24)25)26-11-16-15-5-3-4-6-18(15)28-20(16)29/h3-9,11,14,16,27H,10,12H2,1-2H3,(H,28,29). The summed E-state index contributed by atoms with van der Waals surface area (Å²) in [5.41, 5.74) is 0.630. The van der Waals surface area contributed by atoms with Crippen molar-refractivity contribution >= 4 is 29.2 Å². The molecule has 2 aromatic carbocycles. The molecule has 2 aliphatic heterocycles. The molecule has 1 saturated heterocycles. The zero-order chi connectivity index (χ0) is 22.2. The van der Waals surface area contributed by atoms with Crippen LogP contribution in [0.15, 0.2) is 47.5 Å². The number of aliphatic imine (C=N–C) groups is 1. The SMILES string of the molecule is CC1(C)OCC(CNc2ccc(N=CC3C(=O)Nc4ccccc43)cc2C(F)(F)F)O1. The highest BCUT2D eigenvalue weighted by Gasteiger charge is 2.36. The Morgan fingerprint density at radius 1 is 1.26 bits per heavy atom. The van der Waals surface area contributed by atoms with E-state index < -0.39 is 23.4 Å². The topological polar surface area (TPSA) is 72.0 Å². The van der Waals surface area contributed by atoms with Crippen molar-refractivity contribution in [2.75, 3.05) is 23.8 Å². The van der Waals surface area contributed by atoms with Crippen LogP contribution in [-0.4, -0.2) is 37.2 Å². The van der Waals surface area contributed by atoms with Crippen molar-refractivity contribution in [3.63, 3.8) is 0 Å². The number of ether oxygens (including phenoxy) is 2. The second-order valence-corrected chi connectivity index (χ2v) is 7.89. The number of anilines is 2. The molecule has 4 rings (SSSR count). The molecule has 164 valence electrons. The van der Waals surface area contributed by atoms with E-state index >= 15 is 0 Å². The van der Waals surface area contributed by atoms with Gasteiger partial charge >= 0.3 is 6.18 Å². The molecule has 2 aromatic rings. The second-order valence-electron chi connectivity index (χ2n) is 7.89. The smallest absolute Gasteiger partial charge is 0.382 e. The number of amides is 1. The summed E-state index contributed by atoms with van der Waals surface area (Å²) in [6.07, 6.45) is -3.55. The van der Waals surface area contributed by atoms with Crippen LogP contribution < -0.4 is 10.6 Å². The van der Waals surface area contributed by atoms with E-state index in [2.05, 4.69) is 15.6 Å². The van der Waals surface area contributed by atoms with E-state index in [-0.39, 0.29) is 29.9 Å². The number of nitrogens with one attached hydrogen (secondary N) is 2. The lowest BCUT2D eigenvalue weighted by Crippen LogP contribution is -2.26. The zero-order valence-electron chi connectivity index (χ0n) is 17.0. The lowest BCUT2D eigenvalue weighted by molar-refractivity contribution is -0.138. The number of fused-ring (bicyclic) bond motifs is 1. The molecule has 2 unspecified atom stereocenters. The number of carbonyl (C=O) groups is 1. The Labute approximate surface area is 177 Å². The van der Waals surface area contributed by atoms with Gasteiger partial charge in [-0.05, 0) is 43.7 Å². The Hall–Kier alpha value is -2.91. The molecule has 6 nitrogen and oxygen atoms in total. The van der Waals surface area contributed by atoms with Crippen LogP contribution in [0.5, 0.6) is 0 Å².